The highest BCUT2D eigenvalue weighted by molar-refractivity contribution is 5.74. The van der Waals surface area contributed by atoms with Crippen LogP contribution >= 0.6 is 0 Å². The topological polar surface area (TPSA) is 40.5 Å². The Bertz CT molecular complexity index is 416. The monoisotopic (exact) mass is 233 g/mol. The Labute approximate surface area is 102 Å². The van der Waals surface area contributed by atoms with Crippen LogP contribution in [0.1, 0.15) is 17.5 Å². The standard InChI is InChI=1S/C14H19NO2/c1-10-4-3-5-11(8-10)6-7-15(2)13-9-12(13)14(16)17/h3-5,8,12-13H,6-7,9H2,1-2H3,(H,16,17). The quantitative estimate of drug-likeness (QED) is 0.845. The van der Waals surface area contributed by atoms with E-state index in [9.17, 15) is 4.79 Å². The highest BCUT2D eigenvalue weighted by Crippen LogP contribution is 2.34. The van der Waals surface area contributed by atoms with Gasteiger partial charge in [-0.25, -0.2) is 0 Å². The minimum atomic E-state index is -0.655. The van der Waals surface area contributed by atoms with Crippen molar-refractivity contribution < 1.29 is 9.90 Å². The average molecular weight is 233 g/mol. The molecule has 0 heterocycles. The highest BCUT2D eigenvalue weighted by atomic mass is 16.4. The molecule has 0 amide bonds. The number of hydrogen-bond acceptors (Lipinski definition) is 2. The Morgan fingerprint density at radius 1 is 1.53 bits per heavy atom. The zero-order chi connectivity index (χ0) is 12.4. The van der Waals surface area contributed by atoms with E-state index in [2.05, 4.69) is 36.1 Å². The molecule has 0 aromatic heterocycles. The molecule has 1 aliphatic rings. The van der Waals surface area contributed by atoms with Gasteiger partial charge in [0.15, 0.2) is 0 Å². The summed E-state index contributed by atoms with van der Waals surface area (Å²) < 4.78 is 0. The van der Waals surface area contributed by atoms with Crippen molar-refractivity contribution in [2.45, 2.75) is 25.8 Å². The first-order valence-corrected chi connectivity index (χ1v) is 6.06. The molecule has 2 rings (SSSR count). The molecular weight excluding hydrogens is 214 g/mol. The summed E-state index contributed by atoms with van der Waals surface area (Å²) in [4.78, 5) is 12.9. The molecule has 2 atom stereocenters. The predicted molar refractivity (Wildman–Crippen MR) is 67.0 cm³/mol. The van der Waals surface area contributed by atoms with Gasteiger partial charge in [0.1, 0.15) is 0 Å². The largest absolute Gasteiger partial charge is 0.481 e. The van der Waals surface area contributed by atoms with Gasteiger partial charge >= 0.3 is 5.97 Å². The lowest BCUT2D eigenvalue weighted by atomic mass is 10.1. The van der Waals surface area contributed by atoms with E-state index in [1.807, 2.05) is 7.05 Å². The molecule has 0 radical (unpaired) electrons. The van der Waals surface area contributed by atoms with Crippen molar-refractivity contribution in [1.29, 1.82) is 0 Å². The Hall–Kier alpha value is -1.35. The van der Waals surface area contributed by atoms with Crippen molar-refractivity contribution in [2.24, 2.45) is 5.92 Å². The fourth-order valence-electron chi connectivity index (χ4n) is 2.27. The van der Waals surface area contributed by atoms with Gasteiger partial charge in [-0.2, -0.15) is 0 Å². The zero-order valence-corrected chi connectivity index (χ0v) is 10.4. The molecule has 1 N–H and O–H groups in total. The van der Waals surface area contributed by atoms with E-state index >= 15 is 0 Å². The van der Waals surface area contributed by atoms with Crippen LogP contribution in [0.4, 0.5) is 0 Å². The van der Waals surface area contributed by atoms with Crippen LogP contribution < -0.4 is 0 Å². The summed E-state index contributed by atoms with van der Waals surface area (Å²) in [5, 5.41) is 8.87. The summed E-state index contributed by atoms with van der Waals surface area (Å²) in [6, 6.07) is 8.73. The number of aryl methyl sites for hydroxylation is 1. The van der Waals surface area contributed by atoms with E-state index in [1.165, 1.54) is 11.1 Å². The maximum absolute atomic E-state index is 10.8. The number of nitrogens with zero attached hydrogens (tertiary/aromatic N) is 1. The lowest BCUT2D eigenvalue weighted by Crippen LogP contribution is -2.26. The summed E-state index contributed by atoms with van der Waals surface area (Å²) in [5.41, 5.74) is 2.60. The van der Waals surface area contributed by atoms with Crippen molar-refractivity contribution in [2.75, 3.05) is 13.6 Å². The van der Waals surface area contributed by atoms with Crippen LogP contribution in [0.3, 0.4) is 0 Å². The van der Waals surface area contributed by atoms with E-state index in [4.69, 9.17) is 5.11 Å². The Kier molecular flexibility index (Phi) is 3.48. The first-order valence-electron chi connectivity index (χ1n) is 6.06. The van der Waals surface area contributed by atoms with E-state index in [0.717, 1.165) is 19.4 Å². The number of benzene rings is 1. The summed E-state index contributed by atoms with van der Waals surface area (Å²) in [5.74, 6) is -0.796. The second-order valence-corrected chi connectivity index (χ2v) is 4.97. The normalized spacial score (nSPS) is 22.8. The first kappa shape index (κ1) is 12.1. The molecule has 0 bridgehead atoms. The molecule has 92 valence electrons. The molecular formula is C14H19NO2. The maximum atomic E-state index is 10.8. The van der Waals surface area contributed by atoms with Crippen molar-refractivity contribution in [3.8, 4) is 0 Å². The van der Waals surface area contributed by atoms with Crippen LogP contribution in [0.5, 0.6) is 0 Å². The molecule has 17 heavy (non-hydrogen) atoms. The van der Waals surface area contributed by atoms with Gasteiger partial charge in [-0.1, -0.05) is 29.8 Å². The third-order valence-electron chi connectivity index (χ3n) is 3.48. The number of aliphatic carboxylic acids is 1. The van der Waals surface area contributed by atoms with Crippen molar-refractivity contribution in [1.82, 2.24) is 4.90 Å². The summed E-state index contributed by atoms with van der Waals surface area (Å²) in [6.07, 6.45) is 1.79. The lowest BCUT2D eigenvalue weighted by Gasteiger charge is -2.16. The van der Waals surface area contributed by atoms with Crippen molar-refractivity contribution in [3.63, 3.8) is 0 Å². The van der Waals surface area contributed by atoms with Crippen LogP contribution in [0, 0.1) is 12.8 Å². The minimum Gasteiger partial charge on any atom is -0.481 e. The fourth-order valence-corrected chi connectivity index (χ4v) is 2.27. The summed E-state index contributed by atoms with van der Waals surface area (Å²) in [7, 11) is 2.02. The van der Waals surface area contributed by atoms with Gasteiger partial charge in [0.05, 0.1) is 5.92 Å². The summed E-state index contributed by atoms with van der Waals surface area (Å²) in [6.45, 7) is 3.02. The van der Waals surface area contributed by atoms with Gasteiger partial charge in [0.25, 0.3) is 0 Å². The number of hydrogen-bond donors (Lipinski definition) is 1. The molecule has 0 spiro atoms. The number of likely N-dealkylation sites (N-methyl/N-ethyl adjacent to an activating group) is 1. The van der Waals surface area contributed by atoms with Gasteiger partial charge in [-0.3, -0.25) is 4.79 Å². The number of carboxylic acid groups (broad SMARTS) is 1. The van der Waals surface area contributed by atoms with E-state index in [-0.39, 0.29) is 12.0 Å². The van der Waals surface area contributed by atoms with Gasteiger partial charge in [-0.05, 0) is 32.4 Å². The third-order valence-corrected chi connectivity index (χ3v) is 3.48. The second-order valence-electron chi connectivity index (χ2n) is 4.97. The summed E-state index contributed by atoms with van der Waals surface area (Å²) >= 11 is 0. The van der Waals surface area contributed by atoms with Crippen LogP contribution in [0.15, 0.2) is 24.3 Å². The van der Waals surface area contributed by atoms with Crippen LogP contribution in [-0.2, 0) is 11.2 Å². The predicted octanol–water partition coefficient (Wildman–Crippen LogP) is 1.94. The Morgan fingerprint density at radius 3 is 2.88 bits per heavy atom. The Balaban J connectivity index is 1.81. The maximum Gasteiger partial charge on any atom is 0.308 e. The second kappa shape index (κ2) is 4.88. The fraction of sp³-hybridized carbons (Fsp3) is 0.500. The van der Waals surface area contributed by atoms with E-state index in [0.29, 0.717) is 0 Å². The molecule has 1 aromatic rings. The number of rotatable bonds is 5. The van der Waals surface area contributed by atoms with E-state index in [1.54, 1.807) is 0 Å². The minimum absolute atomic E-state index is 0.141. The van der Waals surface area contributed by atoms with Crippen molar-refractivity contribution >= 4 is 5.97 Å². The first-order chi connectivity index (χ1) is 8.08. The number of carboxylic acids is 1. The van der Waals surface area contributed by atoms with E-state index < -0.39 is 5.97 Å². The average Bonchev–Trinajstić information content (AvgIpc) is 3.06. The van der Waals surface area contributed by atoms with Gasteiger partial charge in [-0.15, -0.1) is 0 Å². The van der Waals surface area contributed by atoms with Crippen LogP contribution in [0.2, 0.25) is 0 Å². The molecule has 2 unspecified atom stereocenters. The van der Waals surface area contributed by atoms with Gasteiger partial charge in [0, 0.05) is 12.6 Å². The molecule has 0 saturated heterocycles. The smallest absolute Gasteiger partial charge is 0.308 e. The SMILES string of the molecule is Cc1cccc(CCN(C)C2CC2C(=O)O)c1. The Morgan fingerprint density at radius 2 is 2.29 bits per heavy atom. The molecule has 1 aliphatic carbocycles. The van der Waals surface area contributed by atoms with Gasteiger partial charge < -0.3 is 10.0 Å². The van der Waals surface area contributed by atoms with Crippen LogP contribution in [-0.4, -0.2) is 35.6 Å². The van der Waals surface area contributed by atoms with Gasteiger partial charge in [0.2, 0.25) is 0 Å². The highest BCUT2D eigenvalue weighted by Gasteiger charge is 2.45. The molecule has 0 aliphatic heterocycles. The van der Waals surface area contributed by atoms with Crippen LogP contribution in [0.25, 0.3) is 0 Å². The molecule has 1 fully saturated rings. The third kappa shape index (κ3) is 3.07. The van der Waals surface area contributed by atoms with Crippen molar-refractivity contribution in [3.05, 3.63) is 35.4 Å². The number of carbonyl (C=O) groups is 1. The zero-order valence-electron chi connectivity index (χ0n) is 10.4. The molecule has 1 saturated carbocycles. The molecule has 3 heteroatoms. The molecule has 1 aromatic carbocycles. The lowest BCUT2D eigenvalue weighted by molar-refractivity contribution is -0.138. The molecule has 3 nitrogen and oxygen atoms in total.